The van der Waals surface area contributed by atoms with Gasteiger partial charge >= 0.3 is 5.97 Å². The van der Waals surface area contributed by atoms with E-state index in [1.54, 1.807) is 0 Å². The molecule has 1 N–H and O–H groups in total. The van der Waals surface area contributed by atoms with Crippen molar-refractivity contribution in [3.05, 3.63) is 0 Å². The van der Waals surface area contributed by atoms with Crippen molar-refractivity contribution >= 4 is 5.97 Å². The van der Waals surface area contributed by atoms with Gasteiger partial charge in [-0.25, -0.2) is 0 Å². The molecule has 1 atom stereocenters. The topological polar surface area (TPSA) is 38.3 Å². The summed E-state index contributed by atoms with van der Waals surface area (Å²) in [5, 5.41) is 3.37. The Morgan fingerprint density at radius 3 is 2.53 bits per heavy atom. The molecule has 1 unspecified atom stereocenters. The summed E-state index contributed by atoms with van der Waals surface area (Å²) < 4.78 is 4.70. The highest BCUT2D eigenvalue weighted by Crippen LogP contribution is 2.22. The molecule has 17 heavy (non-hydrogen) atoms. The van der Waals surface area contributed by atoms with Crippen molar-refractivity contribution in [1.82, 2.24) is 5.32 Å². The minimum absolute atomic E-state index is 0.0635. The van der Waals surface area contributed by atoms with E-state index in [1.807, 2.05) is 6.92 Å². The zero-order chi connectivity index (χ0) is 13.3. The summed E-state index contributed by atoms with van der Waals surface area (Å²) in [5.74, 6) is -0.201. The highest BCUT2D eigenvalue weighted by Gasteiger charge is 2.18. The number of hydrogen-bond donors (Lipinski definition) is 1. The van der Waals surface area contributed by atoms with Crippen LogP contribution in [-0.4, -0.2) is 26.2 Å². The minimum atomic E-state index is -0.138. The molecular weight excluding hydrogens is 214 g/mol. The molecule has 0 fully saturated rings. The van der Waals surface area contributed by atoms with Crippen LogP contribution in [0.15, 0.2) is 0 Å². The molecule has 0 aromatic carbocycles. The quantitative estimate of drug-likeness (QED) is 0.500. The van der Waals surface area contributed by atoms with Crippen molar-refractivity contribution < 1.29 is 9.53 Å². The predicted octanol–water partition coefficient (Wildman–Crippen LogP) is 2.99. The number of methoxy groups -OCH3 is 1. The molecule has 102 valence electrons. The van der Waals surface area contributed by atoms with Gasteiger partial charge < -0.3 is 10.1 Å². The van der Waals surface area contributed by atoms with Gasteiger partial charge in [-0.05, 0) is 11.8 Å². The summed E-state index contributed by atoms with van der Waals surface area (Å²) >= 11 is 0. The molecule has 0 rings (SSSR count). The molecule has 0 aliphatic carbocycles. The lowest BCUT2D eigenvalue weighted by Crippen LogP contribution is -2.34. The van der Waals surface area contributed by atoms with Crippen molar-refractivity contribution in [3.8, 4) is 0 Å². The SMILES string of the molecule is CCCCCC(C)(C)CNCC(C)C(=O)OC. The van der Waals surface area contributed by atoms with Crippen LogP contribution in [0.3, 0.4) is 0 Å². The summed E-state index contributed by atoms with van der Waals surface area (Å²) in [5.41, 5.74) is 0.311. The smallest absolute Gasteiger partial charge is 0.309 e. The number of hydrogen-bond acceptors (Lipinski definition) is 3. The second-order valence-corrected chi connectivity index (χ2v) is 5.68. The summed E-state index contributed by atoms with van der Waals surface area (Å²) in [6.45, 7) is 10.3. The van der Waals surface area contributed by atoms with Crippen molar-refractivity contribution in [2.24, 2.45) is 11.3 Å². The number of carbonyl (C=O) groups is 1. The average molecular weight is 243 g/mol. The predicted molar refractivity (Wildman–Crippen MR) is 72.0 cm³/mol. The van der Waals surface area contributed by atoms with Gasteiger partial charge in [0.2, 0.25) is 0 Å². The van der Waals surface area contributed by atoms with Gasteiger partial charge in [-0.1, -0.05) is 47.0 Å². The van der Waals surface area contributed by atoms with Gasteiger partial charge in [0.25, 0.3) is 0 Å². The number of esters is 1. The maximum absolute atomic E-state index is 11.2. The van der Waals surface area contributed by atoms with Crippen LogP contribution in [0.5, 0.6) is 0 Å². The monoisotopic (exact) mass is 243 g/mol. The normalized spacial score (nSPS) is 13.5. The Morgan fingerprint density at radius 1 is 1.35 bits per heavy atom. The van der Waals surface area contributed by atoms with E-state index in [1.165, 1.54) is 32.8 Å². The van der Waals surface area contributed by atoms with E-state index in [4.69, 9.17) is 4.74 Å². The molecule has 3 nitrogen and oxygen atoms in total. The van der Waals surface area contributed by atoms with Gasteiger partial charge in [-0.2, -0.15) is 0 Å². The first-order valence-corrected chi connectivity index (χ1v) is 6.71. The van der Waals surface area contributed by atoms with Gasteiger partial charge in [-0.3, -0.25) is 4.79 Å². The summed E-state index contributed by atoms with van der Waals surface area (Å²) in [4.78, 5) is 11.2. The van der Waals surface area contributed by atoms with E-state index < -0.39 is 0 Å². The molecule has 0 spiro atoms. The molecule has 0 saturated carbocycles. The Bertz CT molecular complexity index is 214. The van der Waals surface area contributed by atoms with Crippen LogP contribution in [0.25, 0.3) is 0 Å². The van der Waals surface area contributed by atoms with E-state index in [0.29, 0.717) is 12.0 Å². The van der Waals surface area contributed by atoms with E-state index in [-0.39, 0.29) is 11.9 Å². The zero-order valence-electron chi connectivity index (χ0n) is 12.1. The maximum atomic E-state index is 11.2. The summed E-state index contributed by atoms with van der Waals surface area (Å²) in [6.07, 6.45) is 5.10. The molecule has 0 aromatic heterocycles. The Kier molecular flexibility index (Phi) is 8.23. The highest BCUT2D eigenvalue weighted by molar-refractivity contribution is 5.71. The molecular formula is C14H29NO2. The Balaban J connectivity index is 3.74. The fourth-order valence-corrected chi connectivity index (χ4v) is 1.85. The van der Waals surface area contributed by atoms with Gasteiger partial charge in [0, 0.05) is 13.1 Å². The molecule has 3 heteroatoms. The molecule has 0 saturated heterocycles. The lowest BCUT2D eigenvalue weighted by atomic mass is 9.87. The molecule has 0 bridgehead atoms. The first-order valence-electron chi connectivity index (χ1n) is 6.71. The Hall–Kier alpha value is -0.570. The molecule has 0 heterocycles. The average Bonchev–Trinajstić information content (AvgIpc) is 2.27. The Labute approximate surface area is 106 Å². The Morgan fingerprint density at radius 2 is 2.00 bits per heavy atom. The number of carbonyl (C=O) groups excluding carboxylic acids is 1. The van der Waals surface area contributed by atoms with E-state index in [9.17, 15) is 4.79 Å². The van der Waals surface area contributed by atoms with Crippen LogP contribution in [0, 0.1) is 11.3 Å². The molecule has 0 aliphatic rings. The lowest BCUT2D eigenvalue weighted by Gasteiger charge is -2.25. The number of unbranched alkanes of at least 4 members (excludes halogenated alkanes) is 2. The van der Waals surface area contributed by atoms with E-state index in [0.717, 1.165) is 6.54 Å². The third-order valence-electron chi connectivity index (χ3n) is 3.11. The van der Waals surface area contributed by atoms with Gasteiger partial charge in [0.15, 0.2) is 0 Å². The first-order chi connectivity index (χ1) is 7.93. The molecule has 0 aromatic rings. The largest absolute Gasteiger partial charge is 0.469 e. The molecule has 0 radical (unpaired) electrons. The van der Waals surface area contributed by atoms with Crippen LogP contribution in [0.1, 0.15) is 53.4 Å². The standard InChI is InChI=1S/C14H29NO2/c1-6-7-8-9-14(3,4)11-15-10-12(2)13(16)17-5/h12,15H,6-11H2,1-5H3. The number of rotatable bonds is 9. The lowest BCUT2D eigenvalue weighted by molar-refractivity contribution is -0.144. The van der Waals surface area contributed by atoms with E-state index >= 15 is 0 Å². The van der Waals surface area contributed by atoms with Crippen LogP contribution >= 0.6 is 0 Å². The van der Waals surface area contributed by atoms with Crippen molar-refractivity contribution in [1.29, 1.82) is 0 Å². The maximum Gasteiger partial charge on any atom is 0.309 e. The van der Waals surface area contributed by atoms with Crippen molar-refractivity contribution in [2.75, 3.05) is 20.2 Å². The molecule has 0 amide bonds. The second-order valence-electron chi connectivity index (χ2n) is 5.68. The van der Waals surface area contributed by atoms with Gasteiger partial charge in [-0.15, -0.1) is 0 Å². The van der Waals surface area contributed by atoms with Crippen LogP contribution < -0.4 is 5.32 Å². The summed E-state index contributed by atoms with van der Waals surface area (Å²) in [6, 6.07) is 0. The molecule has 0 aliphatic heterocycles. The first kappa shape index (κ1) is 16.4. The second kappa shape index (κ2) is 8.51. The zero-order valence-corrected chi connectivity index (χ0v) is 12.1. The minimum Gasteiger partial charge on any atom is -0.469 e. The number of ether oxygens (including phenoxy) is 1. The summed E-state index contributed by atoms with van der Waals surface area (Å²) in [7, 11) is 1.44. The third kappa shape index (κ3) is 8.19. The van der Waals surface area contributed by atoms with Gasteiger partial charge in [0.1, 0.15) is 0 Å². The fraction of sp³-hybridized carbons (Fsp3) is 0.929. The fourth-order valence-electron chi connectivity index (χ4n) is 1.85. The van der Waals surface area contributed by atoms with Crippen molar-refractivity contribution in [2.45, 2.75) is 53.4 Å². The highest BCUT2D eigenvalue weighted by atomic mass is 16.5. The van der Waals surface area contributed by atoms with Crippen LogP contribution in [0.4, 0.5) is 0 Å². The van der Waals surface area contributed by atoms with Crippen LogP contribution in [-0.2, 0) is 9.53 Å². The van der Waals surface area contributed by atoms with Crippen LogP contribution in [0.2, 0.25) is 0 Å². The third-order valence-corrected chi connectivity index (χ3v) is 3.11. The van der Waals surface area contributed by atoms with Crippen molar-refractivity contribution in [3.63, 3.8) is 0 Å². The number of nitrogens with one attached hydrogen (secondary N) is 1. The van der Waals surface area contributed by atoms with E-state index in [2.05, 4.69) is 26.1 Å². The van der Waals surface area contributed by atoms with Gasteiger partial charge in [0.05, 0.1) is 13.0 Å².